The van der Waals surface area contributed by atoms with Gasteiger partial charge in [0, 0.05) is 31.0 Å². The first-order valence-electron chi connectivity index (χ1n) is 11.7. The molecule has 3 heterocycles. The predicted octanol–water partition coefficient (Wildman–Crippen LogP) is -1.44. The molecule has 6 N–H and O–H groups in total. The van der Waals surface area contributed by atoms with E-state index >= 15 is 0 Å². The van der Waals surface area contributed by atoms with Gasteiger partial charge in [0.1, 0.15) is 24.4 Å². The summed E-state index contributed by atoms with van der Waals surface area (Å²) < 4.78 is 23.3. The molecule has 2 amide bonds. The van der Waals surface area contributed by atoms with E-state index in [1.807, 2.05) is 4.98 Å². The van der Waals surface area contributed by atoms with Crippen LogP contribution < -0.4 is 22.3 Å². The topological polar surface area (TPSA) is 204 Å². The summed E-state index contributed by atoms with van der Waals surface area (Å²) in [7, 11) is 1.24. The lowest BCUT2D eigenvalue weighted by atomic mass is 10.00. The minimum atomic E-state index is -1.65. The number of aromatic amines is 1. The molecular formula is C24H28N4O10. The largest absolute Gasteiger partial charge is 0.457 e. The molecule has 0 unspecified atom stereocenters. The number of rotatable bonds is 8. The van der Waals surface area contributed by atoms with E-state index in [0.717, 1.165) is 16.8 Å². The standard InChI is InChI=1S/C24H28N4O10/c1-11-10-13(21(33)26-12-6-4-3-5-7-12)36-23(15(11)30)38-19(20(25)32)18-17(35-2)16(31)22(37-18)28-9-8-14(29)27-24(28)34/h3-11,15-19,22-23,30-31H,1-2H3,(H2,25,32)(H,26,33)(H,27,29,34)/t11-,15-,16+,17-,18-,19+,22+,23+/m0/s1. The number of aliphatic hydroxyl groups excluding tert-OH is 2. The summed E-state index contributed by atoms with van der Waals surface area (Å²) in [4.78, 5) is 51.0. The summed E-state index contributed by atoms with van der Waals surface area (Å²) in [5.74, 6) is -2.45. The Morgan fingerprint density at radius 2 is 1.87 bits per heavy atom. The van der Waals surface area contributed by atoms with Gasteiger partial charge in [-0.2, -0.15) is 0 Å². The molecule has 0 radical (unpaired) electrons. The lowest BCUT2D eigenvalue weighted by Gasteiger charge is -2.35. The van der Waals surface area contributed by atoms with E-state index in [0.29, 0.717) is 5.69 Å². The van der Waals surface area contributed by atoms with Crippen molar-refractivity contribution in [1.82, 2.24) is 9.55 Å². The maximum Gasteiger partial charge on any atom is 0.330 e. The fourth-order valence-electron chi connectivity index (χ4n) is 4.27. The number of carbonyl (C=O) groups excluding carboxylic acids is 2. The molecule has 1 aromatic carbocycles. The van der Waals surface area contributed by atoms with Crippen molar-refractivity contribution >= 4 is 17.5 Å². The monoisotopic (exact) mass is 532 g/mol. The molecule has 0 saturated carbocycles. The van der Waals surface area contributed by atoms with Crippen molar-refractivity contribution in [2.45, 2.75) is 50.0 Å². The normalized spacial score (nSPS) is 29.7. The second kappa shape index (κ2) is 11.3. The van der Waals surface area contributed by atoms with Gasteiger partial charge in [0.2, 0.25) is 12.2 Å². The molecule has 0 bridgehead atoms. The number of carbonyl (C=O) groups is 2. The molecule has 2 aliphatic heterocycles. The molecule has 1 fully saturated rings. The van der Waals surface area contributed by atoms with Gasteiger partial charge in [-0.1, -0.05) is 25.1 Å². The number of primary amides is 1. The van der Waals surface area contributed by atoms with Gasteiger partial charge in [0.05, 0.1) is 0 Å². The van der Waals surface area contributed by atoms with Crippen LogP contribution >= 0.6 is 0 Å². The number of para-hydroxylation sites is 1. The van der Waals surface area contributed by atoms with Crippen molar-refractivity contribution < 1.29 is 38.7 Å². The Morgan fingerprint density at radius 1 is 1.16 bits per heavy atom. The van der Waals surface area contributed by atoms with Crippen LogP contribution in [-0.2, 0) is 28.5 Å². The third-order valence-electron chi connectivity index (χ3n) is 6.24. The summed E-state index contributed by atoms with van der Waals surface area (Å²) >= 11 is 0. The number of nitrogens with two attached hydrogens (primary N) is 1. The van der Waals surface area contributed by atoms with Gasteiger partial charge in [-0.3, -0.25) is 23.9 Å². The van der Waals surface area contributed by atoms with Crippen LogP contribution in [0, 0.1) is 5.92 Å². The van der Waals surface area contributed by atoms with E-state index in [4.69, 9.17) is 24.7 Å². The van der Waals surface area contributed by atoms with Gasteiger partial charge in [-0.25, -0.2) is 4.79 Å². The molecule has 14 nitrogen and oxygen atoms in total. The molecule has 4 rings (SSSR count). The van der Waals surface area contributed by atoms with Gasteiger partial charge in [-0.15, -0.1) is 0 Å². The Balaban J connectivity index is 1.55. The number of benzene rings is 1. The minimum absolute atomic E-state index is 0.159. The maximum atomic E-state index is 12.8. The van der Waals surface area contributed by atoms with Crippen molar-refractivity contribution in [3.05, 3.63) is 75.3 Å². The summed E-state index contributed by atoms with van der Waals surface area (Å²) in [6.45, 7) is 1.62. The molecule has 1 aromatic heterocycles. The number of anilines is 1. The smallest absolute Gasteiger partial charge is 0.330 e. The molecule has 2 aliphatic rings. The first-order valence-corrected chi connectivity index (χ1v) is 11.7. The highest BCUT2D eigenvalue weighted by Crippen LogP contribution is 2.34. The molecular weight excluding hydrogens is 504 g/mol. The average molecular weight is 533 g/mol. The second-order valence-electron chi connectivity index (χ2n) is 8.85. The van der Waals surface area contributed by atoms with E-state index in [-0.39, 0.29) is 5.76 Å². The highest BCUT2D eigenvalue weighted by Gasteiger charge is 2.52. The summed E-state index contributed by atoms with van der Waals surface area (Å²) in [5, 5.41) is 24.1. The zero-order chi connectivity index (χ0) is 27.6. The number of nitrogens with one attached hydrogen (secondary N) is 2. The second-order valence-corrected chi connectivity index (χ2v) is 8.85. The number of nitrogens with zero attached hydrogens (tertiary/aromatic N) is 1. The summed E-state index contributed by atoms with van der Waals surface area (Å²) in [6, 6.07) is 9.65. The number of aromatic nitrogens is 2. The van der Waals surface area contributed by atoms with Crippen LogP contribution in [0.15, 0.2) is 64.0 Å². The molecule has 204 valence electrons. The average Bonchev–Trinajstić information content (AvgIpc) is 3.20. The first-order chi connectivity index (χ1) is 18.1. The number of hydrogen-bond donors (Lipinski definition) is 5. The van der Waals surface area contributed by atoms with E-state index in [9.17, 15) is 29.4 Å². The molecule has 8 atom stereocenters. The van der Waals surface area contributed by atoms with Gasteiger partial charge < -0.3 is 40.2 Å². The number of methoxy groups -OCH3 is 1. The van der Waals surface area contributed by atoms with Crippen molar-refractivity contribution in [3.8, 4) is 0 Å². The van der Waals surface area contributed by atoms with Crippen molar-refractivity contribution in [2.75, 3.05) is 12.4 Å². The molecule has 0 aliphatic carbocycles. The van der Waals surface area contributed by atoms with Crippen molar-refractivity contribution in [2.24, 2.45) is 11.7 Å². The van der Waals surface area contributed by atoms with Gasteiger partial charge in [0.15, 0.2) is 18.1 Å². The van der Waals surface area contributed by atoms with Crippen molar-refractivity contribution in [1.29, 1.82) is 0 Å². The number of amides is 2. The zero-order valence-electron chi connectivity index (χ0n) is 20.4. The Labute approximate surface area is 215 Å². The number of aliphatic hydroxyl groups is 2. The Hall–Kier alpha value is -3.82. The fourth-order valence-corrected chi connectivity index (χ4v) is 4.27. The Morgan fingerprint density at radius 3 is 2.50 bits per heavy atom. The Kier molecular flexibility index (Phi) is 8.08. The number of hydrogen-bond acceptors (Lipinski definition) is 10. The lowest BCUT2D eigenvalue weighted by Crippen LogP contribution is -2.52. The SMILES string of the molecule is CO[C@H]1[C@@H](O)[C@H](n2ccc(=O)[nH]c2=O)O[C@@H]1[C@@H](O[C@H]1OC(C(=O)Nc2ccccc2)=C[C@H](C)[C@@H]1O)C(N)=O. The van der Waals surface area contributed by atoms with E-state index in [1.165, 1.54) is 13.2 Å². The van der Waals surface area contributed by atoms with E-state index in [2.05, 4.69) is 5.32 Å². The highest BCUT2D eigenvalue weighted by molar-refractivity contribution is 6.02. The highest BCUT2D eigenvalue weighted by atomic mass is 16.7. The molecule has 1 saturated heterocycles. The quantitative estimate of drug-likeness (QED) is 0.268. The minimum Gasteiger partial charge on any atom is -0.457 e. The number of ether oxygens (including phenoxy) is 4. The third-order valence-corrected chi connectivity index (χ3v) is 6.24. The van der Waals surface area contributed by atoms with Crippen LogP contribution in [0.5, 0.6) is 0 Å². The number of H-pyrrole nitrogens is 1. The van der Waals surface area contributed by atoms with E-state index < -0.39 is 72.0 Å². The van der Waals surface area contributed by atoms with Crippen LogP contribution in [0.2, 0.25) is 0 Å². The van der Waals surface area contributed by atoms with Crippen LogP contribution in [0.3, 0.4) is 0 Å². The van der Waals surface area contributed by atoms with Gasteiger partial charge in [-0.05, 0) is 18.2 Å². The Bertz CT molecular complexity index is 1310. The van der Waals surface area contributed by atoms with Crippen LogP contribution in [0.25, 0.3) is 0 Å². The fraction of sp³-hybridized carbons (Fsp3) is 0.417. The third kappa shape index (κ3) is 5.54. The molecule has 0 spiro atoms. The summed E-state index contributed by atoms with van der Waals surface area (Å²) in [5.41, 5.74) is 4.56. The van der Waals surface area contributed by atoms with Gasteiger partial charge in [0.25, 0.3) is 11.5 Å². The maximum absolute atomic E-state index is 12.8. The molecule has 14 heteroatoms. The van der Waals surface area contributed by atoms with Crippen molar-refractivity contribution in [3.63, 3.8) is 0 Å². The lowest BCUT2D eigenvalue weighted by molar-refractivity contribution is -0.234. The molecule has 38 heavy (non-hydrogen) atoms. The molecule has 2 aromatic rings. The van der Waals surface area contributed by atoms with Crippen LogP contribution in [-0.4, -0.2) is 75.5 Å². The van der Waals surface area contributed by atoms with Gasteiger partial charge >= 0.3 is 5.69 Å². The zero-order valence-corrected chi connectivity index (χ0v) is 20.4. The summed E-state index contributed by atoms with van der Waals surface area (Å²) in [6.07, 6.45) is -7.41. The predicted molar refractivity (Wildman–Crippen MR) is 129 cm³/mol. The van der Waals surface area contributed by atoms with Crippen LogP contribution in [0.1, 0.15) is 13.2 Å². The first kappa shape index (κ1) is 27.2. The van der Waals surface area contributed by atoms with Crippen LogP contribution in [0.4, 0.5) is 5.69 Å². The van der Waals surface area contributed by atoms with E-state index in [1.54, 1.807) is 37.3 Å².